The molecule has 0 atom stereocenters. The Morgan fingerprint density at radius 3 is 2.89 bits per heavy atom. The maximum absolute atomic E-state index is 11.3. The molecule has 0 aliphatic heterocycles. The number of aromatic nitrogens is 2. The van der Waals surface area contributed by atoms with Crippen molar-refractivity contribution in [2.45, 2.75) is 13.5 Å². The van der Waals surface area contributed by atoms with E-state index < -0.39 is 5.91 Å². The Bertz CT molecular complexity index is 575. The van der Waals surface area contributed by atoms with Crippen molar-refractivity contribution < 1.29 is 9.90 Å². The molecule has 0 spiro atoms. The van der Waals surface area contributed by atoms with E-state index in [9.17, 15) is 4.79 Å². The summed E-state index contributed by atoms with van der Waals surface area (Å²) < 4.78 is 1.65. The standard InChI is InChI=1S/C13H15N3O2/c1-9-2-3-10(8-11(9)13(14)18)12-4-5-16(15-12)6-7-17/h2-5,8,17H,6-7H2,1H3,(H2,14,18). The average Bonchev–Trinajstić information content (AvgIpc) is 2.78. The Balaban J connectivity index is 2.38. The lowest BCUT2D eigenvalue weighted by Crippen LogP contribution is -2.12. The van der Waals surface area contributed by atoms with Gasteiger partial charge >= 0.3 is 0 Å². The maximum Gasteiger partial charge on any atom is 0.248 e. The van der Waals surface area contributed by atoms with Crippen LogP contribution in [0, 0.1) is 6.92 Å². The fraction of sp³-hybridized carbons (Fsp3) is 0.231. The van der Waals surface area contributed by atoms with Crippen molar-refractivity contribution in [1.82, 2.24) is 9.78 Å². The van der Waals surface area contributed by atoms with Gasteiger partial charge in [-0.3, -0.25) is 9.48 Å². The smallest absolute Gasteiger partial charge is 0.248 e. The highest BCUT2D eigenvalue weighted by Crippen LogP contribution is 2.20. The van der Waals surface area contributed by atoms with E-state index in [-0.39, 0.29) is 6.61 Å². The quantitative estimate of drug-likeness (QED) is 0.841. The fourth-order valence-corrected chi connectivity index (χ4v) is 1.79. The lowest BCUT2D eigenvalue weighted by atomic mass is 10.0. The van der Waals surface area contributed by atoms with E-state index in [0.29, 0.717) is 12.1 Å². The largest absolute Gasteiger partial charge is 0.394 e. The van der Waals surface area contributed by atoms with Crippen LogP contribution in [0.15, 0.2) is 30.5 Å². The molecule has 0 saturated heterocycles. The molecule has 5 nitrogen and oxygen atoms in total. The van der Waals surface area contributed by atoms with Crippen LogP contribution in [0.3, 0.4) is 0 Å². The molecule has 1 aromatic heterocycles. The van der Waals surface area contributed by atoms with Gasteiger partial charge in [0.15, 0.2) is 0 Å². The van der Waals surface area contributed by atoms with E-state index >= 15 is 0 Å². The molecule has 0 aliphatic rings. The van der Waals surface area contributed by atoms with Gasteiger partial charge < -0.3 is 10.8 Å². The Kier molecular flexibility index (Phi) is 3.43. The predicted octanol–water partition coefficient (Wildman–Crippen LogP) is 0.950. The second kappa shape index (κ2) is 5.01. The third kappa shape index (κ3) is 2.41. The van der Waals surface area contributed by atoms with Crippen LogP contribution in [0.2, 0.25) is 0 Å². The average molecular weight is 245 g/mol. The van der Waals surface area contributed by atoms with Crippen LogP contribution in [-0.2, 0) is 6.54 Å². The van der Waals surface area contributed by atoms with Crippen LogP contribution < -0.4 is 5.73 Å². The van der Waals surface area contributed by atoms with Crippen molar-refractivity contribution in [3.8, 4) is 11.3 Å². The highest BCUT2D eigenvalue weighted by molar-refractivity contribution is 5.95. The van der Waals surface area contributed by atoms with E-state index in [1.165, 1.54) is 0 Å². The number of nitrogens with two attached hydrogens (primary N) is 1. The van der Waals surface area contributed by atoms with E-state index in [0.717, 1.165) is 16.8 Å². The number of aliphatic hydroxyl groups excluding tert-OH is 1. The molecule has 5 heteroatoms. The number of carbonyl (C=O) groups is 1. The molecule has 2 rings (SSSR count). The fourth-order valence-electron chi connectivity index (χ4n) is 1.79. The number of hydrogen-bond acceptors (Lipinski definition) is 3. The SMILES string of the molecule is Cc1ccc(-c2ccn(CCO)n2)cc1C(N)=O. The van der Waals surface area contributed by atoms with Gasteiger partial charge in [-0.1, -0.05) is 12.1 Å². The molecule has 1 amide bonds. The first kappa shape index (κ1) is 12.3. The van der Waals surface area contributed by atoms with Gasteiger partial charge in [-0.2, -0.15) is 5.10 Å². The summed E-state index contributed by atoms with van der Waals surface area (Å²) in [4.78, 5) is 11.3. The van der Waals surface area contributed by atoms with Crippen molar-refractivity contribution in [3.05, 3.63) is 41.6 Å². The van der Waals surface area contributed by atoms with Crippen molar-refractivity contribution in [1.29, 1.82) is 0 Å². The monoisotopic (exact) mass is 245 g/mol. The Hall–Kier alpha value is -2.14. The molecule has 0 bridgehead atoms. The van der Waals surface area contributed by atoms with Crippen LogP contribution in [-0.4, -0.2) is 27.4 Å². The number of rotatable bonds is 4. The van der Waals surface area contributed by atoms with Crippen LogP contribution in [0.4, 0.5) is 0 Å². The van der Waals surface area contributed by atoms with Gasteiger partial charge in [0.25, 0.3) is 0 Å². The topological polar surface area (TPSA) is 81.1 Å². The minimum absolute atomic E-state index is 0.0432. The first-order valence-corrected chi connectivity index (χ1v) is 5.67. The van der Waals surface area contributed by atoms with Gasteiger partial charge in [0.2, 0.25) is 5.91 Å². The first-order valence-electron chi connectivity index (χ1n) is 5.67. The van der Waals surface area contributed by atoms with Crippen LogP contribution in [0.5, 0.6) is 0 Å². The normalized spacial score (nSPS) is 10.6. The number of carbonyl (C=O) groups excluding carboxylic acids is 1. The Labute approximate surface area is 105 Å². The van der Waals surface area contributed by atoms with E-state index in [4.69, 9.17) is 10.8 Å². The molecule has 94 valence electrons. The molecular formula is C13H15N3O2. The summed E-state index contributed by atoms with van der Waals surface area (Å²) in [5, 5.41) is 13.1. The summed E-state index contributed by atoms with van der Waals surface area (Å²) in [6.07, 6.45) is 1.79. The van der Waals surface area contributed by atoms with Crippen molar-refractivity contribution in [2.75, 3.05) is 6.61 Å². The number of benzene rings is 1. The van der Waals surface area contributed by atoms with E-state index in [1.54, 1.807) is 16.9 Å². The molecule has 0 unspecified atom stereocenters. The number of aryl methyl sites for hydroxylation is 1. The molecule has 3 N–H and O–H groups in total. The zero-order valence-electron chi connectivity index (χ0n) is 10.1. The second-order valence-electron chi connectivity index (χ2n) is 4.08. The summed E-state index contributed by atoms with van der Waals surface area (Å²) in [5.74, 6) is -0.441. The highest BCUT2D eigenvalue weighted by atomic mass is 16.3. The van der Waals surface area contributed by atoms with E-state index in [2.05, 4.69) is 5.10 Å². The van der Waals surface area contributed by atoms with E-state index in [1.807, 2.05) is 25.1 Å². The van der Waals surface area contributed by atoms with Gasteiger partial charge in [0.05, 0.1) is 18.8 Å². The zero-order valence-corrected chi connectivity index (χ0v) is 10.1. The molecule has 1 aromatic carbocycles. The van der Waals surface area contributed by atoms with Crippen LogP contribution in [0.25, 0.3) is 11.3 Å². The second-order valence-corrected chi connectivity index (χ2v) is 4.08. The molecule has 0 radical (unpaired) electrons. The highest BCUT2D eigenvalue weighted by Gasteiger charge is 2.08. The lowest BCUT2D eigenvalue weighted by molar-refractivity contribution is 0.1000. The molecule has 0 fully saturated rings. The Morgan fingerprint density at radius 2 is 2.22 bits per heavy atom. The number of aliphatic hydroxyl groups is 1. The molecule has 0 saturated carbocycles. The summed E-state index contributed by atoms with van der Waals surface area (Å²) in [7, 11) is 0. The summed E-state index contributed by atoms with van der Waals surface area (Å²) in [5.41, 5.74) is 8.26. The molecule has 2 aromatic rings. The van der Waals surface area contributed by atoms with Gasteiger partial charge in [0.1, 0.15) is 0 Å². The Morgan fingerprint density at radius 1 is 1.44 bits per heavy atom. The lowest BCUT2D eigenvalue weighted by Gasteiger charge is -2.04. The van der Waals surface area contributed by atoms with Gasteiger partial charge in [-0.25, -0.2) is 0 Å². The molecule has 18 heavy (non-hydrogen) atoms. The summed E-state index contributed by atoms with van der Waals surface area (Å²) in [6.45, 7) is 2.34. The van der Waals surface area contributed by atoms with Crippen LogP contribution in [0.1, 0.15) is 15.9 Å². The van der Waals surface area contributed by atoms with Gasteiger partial charge in [-0.15, -0.1) is 0 Å². The maximum atomic E-state index is 11.3. The summed E-state index contributed by atoms with van der Waals surface area (Å²) >= 11 is 0. The number of hydrogen-bond donors (Lipinski definition) is 2. The first-order chi connectivity index (χ1) is 8.61. The van der Waals surface area contributed by atoms with Crippen molar-refractivity contribution in [3.63, 3.8) is 0 Å². The third-order valence-corrected chi connectivity index (χ3v) is 2.77. The minimum Gasteiger partial charge on any atom is -0.394 e. The zero-order chi connectivity index (χ0) is 13.1. The van der Waals surface area contributed by atoms with Crippen molar-refractivity contribution in [2.24, 2.45) is 5.73 Å². The number of amides is 1. The number of primary amides is 1. The minimum atomic E-state index is -0.441. The predicted molar refractivity (Wildman–Crippen MR) is 68.0 cm³/mol. The molecule has 1 heterocycles. The third-order valence-electron chi connectivity index (χ3n) is 2.77. The van der Waals surface area contributed by atoms with Gasteiger partial charge in [0, 0.05) is 17.3 Å². The van der Waals surface area contributed by atoms with Crippen molar-refractivity contribution >= 4 is 5.91 Å². The van der Waals surface area contributed by atoms with Gasteiger partial charge in [-0.05, 0) is 24.6 Å². The molecule has 0 aliphatic carbocycles. The molecular weight excluding hydrogens is 230 g/mol. The summed E-state index contributed by atoms with van der Waals surface area (Å²) in [6, 6.07) is 7.32. The van der Waals surface area contributed by atoms with Crippen LogP contribution >= 0.6 is 0 Å². The number of nitrogens with zero attached hydrogens (tertiary/aromatic N) is 2.